The van der Waals surface area contributed by atoms with Crippen molar-refractivity contribution in [3.63, 3.8) is 0 Å². The predicted octanol–water partition coefficient (Wildman–Crippen LogP) is 2.21. The molecule has 0 radical (unpaired) electrons. The fourth-order valence-electron chi connectivity index (χ4n) is 2.47. The van der Waals surface area contributed by atoms with Gasteiger partial charge in [-0.3, -0.25) is 4.79 Å². The molecule has 0 spiro atoms. The van der Waals surface area contributed by atoms with Gasteiger partial charge in [0.2, 0.25) is 5.91 Å². The molecule has 1 amide bonds. The Kier molecular flexibility index (Phi) is 5.50. The number of carbonyl (C=O) groups excluding carboxylic acids is 1. The van der Waals surface area contributed by atoms with Gasteiger partial charge < -0.3 is 15.4 Å². The van der Waals surface area contributed by atoms with Crippen LogP contribution in [0.25, 0.3) is 0 Å². The second-order valence-electron chi connectivity index (χ2n) is 5.23. The highest BCUT2D eigenvalue weighted by molar-refractivity contribution is 5.78. The van der Waals surface area contributed by atoms with Gasteiger partial charge in [-0.1, -0.05) is 17.7 Å². The summed E-state index contributed by atoms with van der Waals surface area (Å²) in [4.78, 5) is 12.1. The number of halogens is 2. The number of hydrogen-bond acceptors (Lipinski definition) is 3. The average Bonchev–Trinajstić information content (AvgIpc) is 2.47. The lowest BCUT2D eigenvalue weighted by atomic mass is 9.97. The molecule has 1 heterocycles. The molecule has 0 saturated carbocycles. The van der Waals surface area contributed by atoms with Gasteiger partial charge in [-0.2, -0.15) is 8.78 Å². The summed E-state index contributed by atoms with van der Waals surface area (Å²) in [6, 6.07) is 4.96. The van der Waals surface area contributed by atoms with E-state index in [-0.39, 0.29) is 24.1 Å². The van der Waals surface area contributed by atoms with E-state index >= 15 is 0 Å². The summed E-state index contributed by atoms with van der Waals surface area (Å²) in [5.41, 5.74) is 1.50. The van der Waals surface area contributed by atoms with Crippen LogP contribution in [0.3, 0.4) is 0 Å². The average molecular weight is 298 g/mol. The number of rotatable bonds is 5. The van der Waals surface area contributed by atoms with Crippen LogP contribution in [-0.4, -0.2) is 25.6 Å². The zero-order valence-corrected chi connectivity index (χ0v) is 12.0. The van der Waals surface area contributed by atoms with Crippen LogP contribution < -0.4 is 15.4 Å². The fourth-order valence-corrected chi connectivity index (χ4v) is 2.47. The van der Waals surface area contributed by atoms with Gasteiger partial charge in [0.05, 0.1) is 0 Å². The molecule has 1 aliphatic heterocycles. The number of benzene rings is 1. The van der Waals surface area contributed by atoms with E-state index in [1.54, 1.807) is 12.1 Å². The second kappa shape index (κ2) is 7.36. The second-order valence-corrected chi connectivity index (χ2v) is 5.23. The molecular formula is C15H20F2N2O2. The first kappa shape index (κ1) is 15.7. The summed E-state index contributed by atoms with van der Waals surface area (Å²) < 4.78 is 29.2. The number of amides is 1. The van der Waals surface area contributed by atoms with Crippen LogP contribution >= 0.6 is 0 Å². The third-order valence-electron chi connectivity index (χ3n) is 3.60. The van der Waals surface area contributed by atoms with Gasteiger partial charge in [0.1, 0.15) is 5.75 Å². The standard InChI is InChI=1S/C15H20F2N2O2/c1-10-2-3-13(21-15(16)17)12(8-10)9-19-14(20)11-4-6-18-7-5-11/h2-3,8,11,15,18H,4-7,9H2,1H3,(H,19,20). The first-order valence-corrected chi connectivity index (χ1v) is 7.09. The Morgan fingerprint density at radius 2 is 2.14 bits per heavy atom. The Morgan fingerprint density at radius 3 is 2.81 bits per heavy atom. The van der Waals surface area contributed by atoms with E-state index in [1.807, 2.05) is 6.92 Å². The molecule has 21 heavy (non-hydrogen) atoms. The normalized spacial score (nSPS) is 16.0. The summed E-state index contributed by atoms with van der Waals surface area (Å²) in [6.07, 6.45) is 1.61. The maximum absolute atomic E-state index is 12.4. The van der Waals surface area contributed by atoms with Crippen LogP contribution in [0.4, 0.5) is 8.78 Å². The topological polar surface area (TPSA) is 50.4 Å². The van der Waals surface area contributed by atoms with E-state index in [0.29, 0.717) is 5.56 Å². The third-order valence-corrected chi connectivity index (χ3v) is 3.60. The maximum atomic E-state index is 12.4. The monoisotopic (exact) mass is 298 g/mol. The molecule has 0 bridgehead atoms. The number of ether oxygens (including phenoxy) is 1. The summed E-state index contributed by atoms with van der Waals surface area (Å²) in [5, 5.41) is 6.02. The van der Waals surface area contributed by atoms with E-state index < -0.39 is 6.61 Å². The van der Waals surface area contributed by atoms with Crippen LogP contribution in [0.2, 0.25) is 0 Å². The molecule has 0 aromatic heterocycles. The molecule has 1 aromatic carbocycles. The van der Waals surface area contributed by atoms with Gasteiger partial charge >= 0.3 is 6.61 Å². The molecule has 0 unspecified atom stereocenters. The first-order chi connectivity index (χ1) is 10.1. The molecule has 1 aliphatic rings. The summed E-state index contributed by atoms with van der Waals surface area (Å²) in [6.45, 7) is 0.869. The lowest BCUT2D eigenvalue weighted by molar-refractivity contribution is -0.125. The molecule has 1 fully saturated rings. The molecular weight excluding hydrogens is 278 g/mol. The molecule has 0 aliphatic carbocycles. The van der Waals surface area contributed by atoms with Crippen molar-refractivity contribution in [2.24, 2.45) is 5.92 Å². The van der Waals surface area contributed by atoms with Crippen molar-refractivity contribution in [1.82, 2.24) is 10.6 Å². The maximum Gasteiger partial charge on any atom is 0.387 e. The highest BCUT2D eigenvalue weighted by atomic mass is 19.3. The molecule has 1 aromatic rings. The molecule has 1 saturated heterocycles. The summed E-state index contributed by atoms with van der Waals surface area (Å²) in [5.74, 6) is 0.0812. The van der Waals surface area contributed by atoms with Crippen molar-refractivity contribution >= 4 is 5.91 Å². The predicted molar refractivity (Wildman–Crippen MR) is 75.3 cm³/mol. The van der Waals surface area contributed by atoms with E-state index in [1.165, 1.54) is 6.07 Å². The van der Waals surface area contributed by atoms with Crippen LogP contribution in [-0.2, 0) is 11.3 Å². The zero-order chi connectivity index (χ0) is 15.2. The van der Waals surface area contributed by atoms with E-state index in [2.05, 4.69) is 15.4 Å². The van der Waals surface area contributed by atoms with Gasteiger partial charge in [0.25, 0.3) is 0 Å². The van der Waals surface area contributed by atoms with Crippen LogP contribution in [0.1, 0.15) is 24.0 Å². The Bertz CT molecular complexity index is 489. The number of hydrogen-bond donors (Lipinski definition) is 2. The SMILES string of the molecule is Cc1ccc(OC(F)F)c(CNC(=O)C2CCNCC2)c1. The smallest absolute Gasteiger partial charge is 0.387 e. The van der Waals surface area contributed by atoms with Crippen molar-refractivity contribution in [3.8, 4) is 5.75 Å². The zero-order valence-electron chi connectivity index (χ0n) is 12.0. The molecule has 6 heteroatoms. The number of carbonyl (C=O) groups is 1. The van der Waals surface area contributed by atoms with E-state index in [4.69, 9.17) is 0 Å². The number of nitrogens with one attached hydrogen (secondary N) is 2. The number of aryl methyl sites for hydroxylation is 1. The minimum atomic E-state index is -2.87. The first-order valence-electron chi connectivity index (χ1n) is 7.09. The minimum Gasteiger partial charge on any atom is -0.434 e. The summed E-state index contributed by atoms with van der Waals surface area (Å²) in [7, 11) is 0. The summed E-state index contributed by atoms with van der Waals surface area (Å²) >= 11 is 0. The fraction of sp³-hybridized carbons (Fsp3) is 0.533. The van der Waals surface area contributed by atoms with Crippen LogP contribution in [0, 0.1) is 12.8 Å². The Morgan fingerprint density at radius 1 is 1.43 bits per heavy atom. The van der Waals surface area contributed by atoms with E-state index in [0.717, 1.165) is 31.5 Å². The number of piperidine rings is 1. The highest BCUT2D eigenvalue weighted by Gasteiger charge is 2.21. The molecule has 2 rings (SSSR count). The Balaban J connectivity index is 1.97. The Hall–Kier alpha value is -1.69. The van der Waals surface area contributed by atoms with Crippen molar-refractivity contribution in [1.29, 1.82) is 0 Å². The van der Waals surface area contributed by atoms with Crippen molar-refractivity contribution in [2.75, 3.05) is 13.1 Å². The van der Waals surface area contributed by atoms with E-state index in [9.17, 15) is 13.6 Å². The largest absolute Gasteiger partial charge is 0.434 e. The molecule has 0 atom stereocenters. The van der Waals surface area contributed by atoms with Crippen molar-refractivity contribution in [2.45, 2.75) is 32.9 Å². The van der Waals surface area contributed by atoms with Crippen molar-refractivity contribution < 1.29 is 18.3 Å². The minimum absolute atomic E-state index is 0.00414. The third kappa shape index (κ3) is 4.67. The Labute approximate surface area is 122 Å². The lowest BCUT2D eigenvalue weighted by Gasteiger charge is -2.22. The highest BCUT2D eigenvalue weighted by Crippen LogP contribution is 2.22. The van der Waals surface area contributed by atoms with Crippen molar-refractivity contribution in [3.05, 3.63) is 29.3 Å². The van der Waals surface area contributed by atoms with Crippen LogP contribution in [0.15, 0.2) is 18.2 Å². The van der Waals surface area contributed by atoms with Gasteiger partial charge in [-0.05, 0) is 38.9 Å². The quantitative estimate of drug-likeness (QED) is 0.876. The molecule has 2 N–H and O–H groups in total. The number of alkyl halides is 2. The van der Waals surface area contributed by atoms with Gasteiger partial charge in [0, 0.05) is 18.0 Å². The van der Waals surface area contributed by atoms with Gasteiger partial charge in [-0.25, -0.2) is 0 Å². The van der Waals surface area contributed by atoms with Crippen LogP contribution in [0.5, 0.6) is 5.75 Å². The lowest BCUT2D eigenvalue weighted by Crippen LogP contribution is -2.37. The molecule has 4 nitrogen and oxygen atoms in total. The van der Waals surface area contributed by atoms with Gasteiger partial charge in [-0.15, -0.1) is 0 Å². The molecule has 116 valence electrons. The van der Waals surface area contributed by atoms with Gasteiger partial charge in [0.15, 0.2) is 0 Å².